The van der Waals surface area contributed by atoms with E-state index in [4.69, 9.17) is 14.6 Å². The number of carbonyl (C=O) groups is 1. The van der Waals surface area contributed by atoms with Crippen LogP contribution in [0.2, 0.25) is 0 Å². The van der Waals surface area contributed by atoms with E-state index in [2.05, 4.69) is 12.1 Å². The quantitative estimate of drug-likeness (QED) is 0.799. The highest BCUT2D eigenvalue weighted by molar-refractivity contribution is 5.67. The van der Waals surface area contributed by atoms with Gasteiger partial charge >= 0.3 is 5.97 Å². The normalized spacial score (nSPS) is 18.9. The fourth-order valence-corrected chi connectivity index (χ4v) is 2.96. The van der Waals surface area contributed by atoms with E-state index in [9.17, 15) is 4.79 Å². The zero-order chi connectivity index (χ0) is 16.9. The van der Waals surface area contributed by atoms with Crippen LogP contribution in [0.1, 0.15) is 29.9 Å². The lowest BCUT2D eigenvalue weighted by Gasteiger charge is -2.08. The molecule has 4 nitrogen and oxygen atoms in total. The molecule has 1 fully saturated rings. The predicted octanol–water partition coefficient (Wildman–Crippen LogP) is 3.89. The Morgan fingerprint density at radius 1 is 1.17 bits per heavy atom. The molecule has 3 rings (SSSR count). The maximum Gasteiger partial charge on any atom is 0.303 e. The molecule has 2 unspecified atom stereocenters. The Balaban J connectivity index is 1.52. The molecule has 126 valence electrons. The summed E-state index contributed by atoms with van der Waals surface area (Å²) < 4.78 is 11.2. The number of rotatable bonds is 8. The Hall–Kier alpha value is -2.49. The SMILES string of the molecule is COc1cccc(C2CC2COc2cccc(CCC(=O)O)c2)c1. The number of carboxylic acid groups (broad SMARTS) is 1. The molecule has 24 heavy (non-hydrogen) atoms. The summed E-state index contributed by atoms with van der Waals surface area (Å²) >= 11 is 0. The maximum absolute atomic E-state index is 10.7. The van der Waals surface area contributed by atoms with Crippen LogP contribution < -0.4 is 9.47 Å². The Kier molecular flexibility index (Phi) is 5.04. The van der Waals surface area contributed by atoms with Gasteiger partial charge in [-0.05, 0) is 54.2 Å². The minimum Gasteiger partial charge on any atom is -0.497 e. The van der Waals surface area contributed by atoms with Crippen molar-refractivity contribution in [2.24, 2.45) is 5.92 Å². The average Bonchev–Trinajstić information content (AvgIpc) is 3.38. The van der Waals surface area contributed by atoms with Gasteiger partial charge in [-0.15, -0.1) is 0 Å². The minimum atomic E-state index is -0.777. The fourth-order valence-electron chi connectivity index (χ4n) is 2.96. The molecule has 0 aromatic heterocycles. The molecular weight excluding hydrogens is 304 g/mol. The summed E-state index contributed by atoms with van der Waals surface area (Å²) in [6, 6.07) is 15.9. The molecule has 0 aliphatic heterocycles. The van der Waals surface area contributed by atoms with Crippen molar-refractivity contribution in [3.05, 3.63) is 59.7 Å². The average molecular weight is 326 g/mol. The summed E-state index contributed by atoms with van der Waals surface area (Å²) in [5, 5.41) is 8.76. The van der Waals surface area contributed by atoms with Crippen LogP contribution >= 0.6 is 0 Å². The van der Waals surface area contributed by atoms with Gasteiger partial charge in [-0.2, -0.15) is 0 Å². The van der Waals surface area contributed by atoms with E-state index in [1.54, 1.807) is 7.11 Å². The zero-order valence-electron chi connectivity index (χ0n) is 13.8. The van der Waals surface area contributed by atoms with Crippen molar-refractivity contribution in [3.63, 3.8) is 0 Å². The molecule has 0 saturated heterocycles. The van der Waals surface area contributed by atoms with Gasteiger partial charge in [0.25, 0.3) is 0 Å². The van der Waals surface area contributed by atoms with E-state index in [1.807, 2.05) is 36.4 Å². The lowest BCUT2D eigenvalue weighted by Crippen LogP contribution is -2.02. The predicted molar refractivity (Wildman–Crippen MR) is 91.7 cm³/mol. The molecule has 2 atom stereocenters. The van der Waals surface area contributed by atoms with E-state index < -0.39 is 5.97 Å². The number of ether oxygens (including phenoxy) is 2. The number of aliphatic carboxylic acids is 1. The van der Waals surface area contributed by atoms with E-state index >= 15 is 0 Å². The second kappa shape index (κ2) is 7.39. The Labute approximate surface area is 142 Å². The summed E-state index contributed by atoms with van der Waals surface area (Å²) in [5.41, 5.74) is 2.30. The highest BCUT2D eigenvalue weighted by atomic mass is 16.5. The van der Waals surface area contributed by atoms with Crippen molar-refractivity contribution in [3.8, 4) is 11.5 Å². The monoisotopic (exact) mass is 326 g/mol. The van der Waals surface area contributed by atoms with Gasteiger partial charge in [0.05, 0.1) is 13.7 Å². The third kappa shape index (κ3) is 4.28. The number of hydrogen-bond acceptors (Lipinski definition) is 3. The van der Waals surface area contributed by atoms with Crippen LogP contribution in [0.15, 0.2) is 48.5 Å². The fraction of sp³-hybridized carbons (Fsp3) is 0.350. The first kappa shape index (κ1) is 16.4. The van der Waals surface area contributed by atoms with E-state index in [0.29, 0.717) is 24.9 Å². The van der Waals surface area contributed by atoms with Gasteiger partial charge in [0, 0.05) is 12.3 Å². The third-order valence-electron chi connectivity index (χ3n) is 4.43. The highest BCUT2D eigenvalue weighted by Crippen LogP contribution is 2.48. The molecule has 1 N–H and O–H groups in total. The highest BCUT2D eigenvalue weighted by Gasteiger charge is 2.39. The van der Waals surface area contributed by atoms with Gasteiger partial charge in [-0.25, -0.2) is 0 Å². The van der Waals surface area contributed by atoms with Crippen molar-refractivity contribution >= 4 is 5.97 Å². The molecule has 2 aromatic rings. The van der Waals surface area contributed by atoms with E-state index in [1.165, 1.54) is 5.56 Å². The lowest BCUT2D eigenvalue weighted by molar-refractivity contribution is -0.136. The molecule has 0 amide bonds. The van der Waals surface area contributed by atoms with Crippen molar-refractivity contribution in [2.75, 3.05) is 13.7 Å². The number of methoxy groups -OCH3 is 1. The first-order valence-corrected chi connectivity index (χ1v) is 8.23. The summed E-state index contributed by atoms with van der Waals surface area (Å²) in [6.45, 7) is 0.685. The molecule has 0 heterocycles. The first-order valence-electron chi connectivity index (χ1n) is 8.23. The van der Waals surface area contributed by atoms with Crippen LogP contribution in [-0.4, -0.2) is 24.8 Å². The van der Waals surface area contributed by atoms with Gasteiger partial charge in [-0.1, -0.05) is 24.3 Å². The standard InChI is InChI=1S/C20H22O4/c1-23-17-6-3-5-15(11-17)19-12-16(19)13-24-18-7-2-4-14(10-18)8-9-20(21)22/h2-7,10-11,16,19H,8-9,12-13H2,1H3,(H,21,22). The van der Waals surface area contributed by atoms with Gasteiger partial charge in [-0.3, -0.25) is 4.79 Å². The molecule has 1 aliphatic carbocycles. The molecule has 0 radical (unpaired) electrons. The molecule has 1 saturated carbocycles. The van der Waals surface area contributed by atoms with Crippen molar-refractivity contribution in [1.82, 2.24) is 0 Å². The van der Waals surface area contributed by atoms with Crippen molar-refractivity contribution < 1.29 is 19.4 Å². The minimum absolute atomic E-state index is 0.143. The topological polar surface area (TPSA) is 55.8 Å². The number of aryl methyl sites for hydroxylation is 1. The van der Waals surface area contributed by atoms with Gasteiger partial charge < -0.3 is 14.6 Å². The van der Waals surface area contributed by atoms with Gasteiger partial charge in [0.1, 0.15) is 11.5 Å². The molecule has 4 heteroatoms. The summed E-state index contributed by atoms with van der Waals surface area (Å²) in [7, 11) is 1.68. The lowest BCUT2D eigenvalue weighted by atomic mass is 10.1. The summed E-state index contributed by atoms with van der Waals surface area (Å²) in [5.74, 6) is 2.00. The summed E-state index contributed by atoms with van der Waals surface area (Å²) in [6.07, 6.45) is 1.80. The molecule has 2 aromatic carbocycles. The maximum atomic E-state index is 10.7. The van der Waals surface area contributed by atoms with Crippen LogP contribution in [0.5, 0.6) is 11.5 Å². The third-order valence-corrected chi connectivity index (χ3v) is 4.43. The number of carboxylic acids is 1. The smallest absolute Gasteiger partial charge is 0.303 e. The van der Waals surface area contributed by atoms with E-state index in [-0.39, 0.29) is 6.42 Å². The number of hydrogen-bond donors (Lipinski definition) is 1. The Bertz CT molecular complexity index is 710. The summed E-state index contributed by atoms with van der Waals surface area (Å²) in [4.78, 5) is 10.7. The zero-order valence-corrected chi connectivity index (χ0v) is 13.8. The molecule has 1 aliphatic rings. The van der Waals surface area contributed by atoms with Crippen LogP contribution in [0.3, 0.4) is 0 Å². The van der Waals surface area contributed by atoms with Crippen molar-refractivity contribution in [1.29, 1.82) is 0 Å². The van der Waals surface area contributed by atoms with Crippen LogP contribution in [0.4, 0.5) is 0 Å². The first-order chi connectivity index (χ1) is 11.7. The Morgan fingerprint density at radius 2 is 1.96 bits per heavy atom. The Morgan fingerprint density at radius 3 is 2.75 bits per heavy atom. The van der Waals surface area contributed by atoms with Crippen LogP contribution in [0, 0.1) is 5.92 Å². The molecule has 0 bridgehead atoms. The van der Waals surface area contributed by atoms with Crippen LogP contribution in [-0.2, 0) is 11.2 Å². The van der Waals surface area contributed by atoms with Crippen molar-refractivity contribution in [2.45, 2.75) is 25.2 Å². The number of benzene rings is 2. The second-order valence-corrected chi connectivity index (χ2v) is 6.23. The largest absolute Gasteiger partial charge is 0.497 e. The molecular formula is C20H22O4. The molecule has 0 spiro atoms. The van der Waals surface area contributed by atoms with Crippen LogP contribution in [0.25, 0.3) is 0 Å². The second-order valence-electron chi connectivity index (χ2n) is 6.23. The van der Waals surface area contributed by atoms with E-state index in [0.717, 1.165) is 23.5 Å². The van der Waals surface area contributed by atoms with Gasteiger partial charge in [0.15, 0.2) is 0 Å². The van der Waals surface area contributed by atoms with Gasteiger partial charge in [0.2, 0.25) is 0 Å².